The van der Waals surface area contributed by atoms with Gasteiger partial charge in [-0.1, -0.05) is 20.3 Å². The molecule has 1 saturated carbocycles. The zero-order valence-corrected chi connectivity index (χ0v) is 8.99. The highest BCUT2D eigenvalue weighted by Gasteiger charge is 2.56. The summed E-state index contributed by atoms with van der Waals surface area (Å²) in [5, 5.41) is 0. The maximum Gasteiger partial charge on any atom is 0.0660 e. The summed E-state index contributed by atoms with van der Waals surface area (Å²) in [7, 11) is 1.85. The summed E-state index contributed by atoms with van der Waals surface area (Å²) >= 11 is 0. The van der Waals surface area contributed by atoms with Crippen molar-refractivity contribution in [2.45, 2.75) is 26.4 Å². The van der Waals surface area contributed by atoms with E-state index in [9.17, 15) is 0 Å². The van der Waals surface area contributed by atoms with Gasteiger partial charge in [0.2, 0.25) is 0 Å². The normalized spacial score (nSPS) is 40.4. The quantitative estimate of drug-likeness (QED) is 0.656. The molecule has 0 N–H and O–H groups in total. The van der Waals surface area contributed by atoms with Gasteiger partial charge in [-0.25, -0.2) is 0 Å². The largest absolute Gasteiger partial charge is 0.381 e. The third kappa shape index (κ3) is 1.75. The average molecular weight is 183 g/mol. The highest BCUT2D eigenvalue weighted by atomic mass is 16.5. The van der Waals surface area contributed by atoms with E-state index in [-0.39, 0.29) is 0 Å². The average Bonchev–Trinajstić information content (AvgIpc) is 2.61. The standard InChI is InChI=1S/C11H21NO/c1-4-8(2)5-12-6-9-10(7-12)11(9)13-3/h8-11H,4-7H2,1-3H3. The van der Waals surface area contributed by atoms with Gasteiger partial charge in [0, 0.05) is 38.6 Å². The molecule has 2 nitrogen and oxygen atoms in total. The summed E-state index contributed by atoms with van der Waals surface area (Å²) in [6.45, 7) is 8.48. The summed E-state index contributed by atoms with van der Waals surface area (Å²) in [5.41, 5.74) is 0. The monoisotopic (exact) mass is 183 g/mol. The van der Waals surface area contributed by atoms with E-state index in [4.69, 9.17) is 4.74 Å². The van der Waals surface area contributed by atoms with Crippen molar-refractivity contribution in [1.29, 1.82) is 0 Å². The Hall–Kier alpha value is -0.0800. The van der Waals surface area contributed by atoms with Crippen molar-refractivity contribution in [2.75, 3.05) is 26.7 Å². The zero-order chi connectivity index (χ0) is 9.42. The molecule has 0 amide bonds. The maximum absolute atomic E-state index is 5.38. The molecule has 1 aliphatic heterocycles. The van der Waals surface area contributed by atoms with Crippen LogP contribution in [0.25, 0.3) is 0 Å². The Balaban J connectivity index is 1.71. The zero-order valence-electron chi connectivity index (χ0n) is 8.99. The molecule has 3 atom stereocenters. The van der Waals surface area contributed by atoms with Gasteiger partial charge in [-0.05, 0) is 5.92 Å². The number of nitrogens with zero attached hydrogens (tertiary/aromatic N) is 1. The lowest BCUT2D eigenvalue weighted by atomic mass is 10.1. The lowest BCUT2D eigenvalue weighted by Crippen LogP contribution is -2.30. The number of piperidine rings is 1. The van der Waals surface area contributed by atoms with Crippen molar-refractivity contribution in [3.05, 3.63) is 0 Å². The summed E-state index contributed by atoms with van der Waals surface area (Å²) in [5.74, 6) is 2.60. The number of fused-ring (bicyclic) bond motifs is 1. The molecule has 0 spiro atoms. The molecule has 0 aromatic carbocycles. The lowest BCUT2D eigenvalue weighted by molar-refractivity contribution is 0.124. The van der Waals surface area contributed by atoms with Gasteiger partial charge in [0.05, 0.1) is 6.10 Å². The van der Waals surface area contributed by atoms with E-state index in [2.05, 4.69) is 18.7 Å². The highest BCUT2D eigenvalue weighted by molar-refractivity contribution is 5.06. The molecule has 3 unspecified atom stereocenters. The van der Waals surface area contributed by atoms with Crippen LogP contribution in [0.2, 0.25) is 0 Å². The number of hydrogen-bond acceptors (Lipinski definition) is 2. The summed E-state index contributed by atoms with van der Waals surface area (Å²) < 4.78 is 5.38. The van der Waals surface area contributed by atoms with Crippen LogP contribution in [0.15, 0.2) is 0 Å². The summed E-state index contributed by atoms with van der Waals surface area (Å²) in [6, 6.07) is 0. The second kappa shape index (κ2) is 3.58. The Kier molecular flexibility index (Phi) is 2.61. The van der Waals surface area contributed by atoms with Crippen LogP contribution in [0.1, 0.15) is 20.3 Å². The molecule has 2 aliphatic rings. The van der Waals surface area contributed by atoms with Crippen LogP contribution in [-0.2, 0) is 4.74 Å². The molecule has 0 radical (unpaired) electrons. The Morgan fingerprint density at radius 1 is 1.38 bits per heavy atom. The van der Waals surface area contributed by atoms with Crippen LogP contribution >= 0.6 is 0 Å². The number of rotatable bonds is 4. The molecule has 1 heterocycles. The SMILES string of the molecule is CCC(C)CN1CC2C(C1)C2OC. The van der Waals surface area contributed by atoms with Crippen molar-refractivity contribution in [2.24, 2.45) is 17.8 Å². The van der Waals surface area contributed by atoms with Gasteiger partial charge in [-0.3, -0.25) is 0 Å². The molecule has 2 fully saturated rings. The minimum atomic E-state index is 0.605. The van der Waals surface area contributed by atoms with Gasteiger partial charge in [0.25, 0.3) is 0 Å². The van der Waals surface area contributed by atoms with Crippen molar-refractivity contribution in [3.8, 4) is 0 Å². The van der Waals surface area contributed by atoms with Gasteiger partial charge >= 0.3 is 0 Å². The fourth-order valence-corrected chi connectivity index (χ4v) is 2.63. The molecule has 0 aromatic rings. The minimum Gasteiger partial charge on any atom is -0.381 e. The van der Waals surface area contributed by atoms with Crippen molar-refractivity contribution in [3.63, 3.8) is 0 Å². The third-order valence-electron chi connectivity index (χ3n) is 3.73. The van der Waals surface area contributed by atoms with Gasteiger partial charge in [0.15, 0.2) is 0 Å². The first-order valence-electron chi connectivity index (χ1n) is 5.51. The molecule has 2 rings (SSSR count). The first-order valence-corrected chi connectivity index (χ1v) is 5.51. The number of methoxy groups -OCH3 is 1. The number of likely N-dealkylation sites (tertiary alicyclic amines) is 1. The first kappa shape index (κ1) is 9.47. The van der Waals surface area contributed by atoms with Crippen LogP contribution in [0.4, 0.5) is 0 Å². The Bertz CT molecular complexity index is 171. The van der Waals surface area contributed by atoms with Crippen molar-refractivity contribution < 1.29 is 4.74 Å². The maximum atomic E-state index is 5.38. The molecule has 13 heavy (non-hydrogen) atoms. The number of hydrogen-bond donors (Lipinski definition) is 0. The van der Waals surface area contributed by atoms with E-state index in [1.807, 2.05) is 7.11 Å². The van der Waals surface area contributed by atoms with Crippen LogP contribution in [0, 0.1) is 17.8 Å². The first-order chi connectivity index (χ1) is 6.26. The molecule has 76 valence electrons. The van der Waals surface area contributed by atoms with Gasteiger partial charge in [-0.2, -0.15) is 0 Å². The summed E-state index contributed by atoms with van der Waals surface area (Å²) in [6.07, 6.45) is 1.91. The Morgan fingerprint density at radius 2 is 2.00 bits per heavy atom. The third-order valence-corrected chi connectivity index (χ3v) is 3.73. The summed E-state index contributed by atoms with van der Waals surface area (Å²) in [4.78, 5) is 2.61. The van der Waals surface area contributed by atoms with Crippen LogP contribution in [0.3, 0.4) is 0 Å². The Labute approximate surface area is 81.3 Å². The molecule has 0 aromatic heterocycles. The van der Waals surface area contributed by atoms with E-state index in [1.165, 1.54) is 26.1 Å². The van der Waals surface area contributed by atoms with E-state index >= 15 is 0 Å². The predicted octanol–water partition coefficient (Wildman–Crippen LogP) is 1.61. The van der Waals surface area contributed by atoms with Crippen LogP contribution in [-0.4, -0.2) is 37.7 Å². The van der Waals surface area contributed by atoms with Crippen molar-refractivity contribution in [1.82, 2.24) is 4.90 Å². The Morgan fingerprint density at radius 3 is 2.46 bits per heavy atom. The molecular weight excluding hydrogens is 162 g/mol. The van der Waals surface area contributed by atoms with E-state index in [0.717, 1.165) is 17.8 Å². The van der Waals surface area contributed by atoms with E-state index in [1.54, 1.807) is 0 Å². The fourth-order valence-electron chi connectivity index (χ4n) is 2.63. The fraction of sp³-hybridized carbons (Fsp3) is 1.00. The van der Waals surface area contributed by atoms with Gasteiger partial charge < -0.3 is 9.64 Å². The molecule has 2 heteroatoms. The van der Waals surface area contributed by atoms with Crippen LogP contribution in [0.5, 0.6) is 0 Å². The second-order valence-electron chi connectivity index (χ2n) is 4.76. The predicted molar refractivity (Wildman–Crippen MR) is 53.7 cm³/mol. The smallest absolute Gasteiger partial charge is 0.0660 e. The lowest BCUT2D eigenvalue weighted by Gasteiger charge is -2.22. The number of ether oxygens (including phenoxy) is 1. The van der Waals surface area contributed by atoms with E-state index < -0.39 is 0 Å². The molecule has 0 bridgehead atoms. The second-order valence-corrected chi connectivity index (χ2v) is 4.76. The molecule has 1 saturated heterocycles. The highest BCUT2D eigenvalue weighted by Crippen LogP contribution is 2.47. The van der Waals surface area contributed by atoms with Crippen LogP contribution < -0.4 is 0 Å². The molecule has 1 aliphatic carbocycles. The van der Waals surface area contributed by atoms with Gasteiger partial charge in [0.1, 0.15) is 0 Å². The topological polar surface area (TPSA) is 12.5 Å². The van der Waals surface area contributed by atoms with Gasteiger partial charge in [-0.15, -0.1) is 0 Å². The van der Waals surface area contributed by atoms with Crippen molar-refractivity contribution >= 4 is 0 Å². The molecular formula is C11H21NO. The minimum absolute atomic E-state index is 0.605. The van der Waals surface area contributed by atoms with E-state index in [0.29, 0.717) is 6.10 Å².